The van der Waals surface area contributed by atoms with E-state index in [-0.39, 0.29) is 11.3 Å². The van der Waals surface area contributed by atoms with Gasteiger partial charge in [-0.25, -0.2) is 10.1 Å². The van der Waals surface area contributed by atoms with E-state index in [4.69, 9.17) is 0 Å². The van der Waals surface area contributed by atoms with Crippen molar-refractivity contribution >= 4 is 33.7 Å². The number of carbonyl (C=O) groups excluding carboxylic acids is 1. The summed E-state index contributed by atoms with van der Waals surface area (Å²) in [5, 5.41) is 9.36. The average Bonchev–Trinajstić information content (AvgIpc) is 3.06. The molecule has 0 saturated heterocycles. The second kappa shape index (κ2) is 6.98. The van der Waals surface area contributed by atoms with Crippen molar-refractivity contribution in [2.24, 2.45) is 5.10 Å². The van der Waals surface area contributed by atoms with E-state index in [2.05, 4.69) is 15.6 Å². The average molecular weight is 354 g/mol. The summed E-state index contributed by atoms with van der Waals surface area (Å²) in [6, 6.07) is 10.9. The first-order valence-corrected chi connectivity index (χ1v) is 8.74. The molecular weight excluding hydrogens is 336 g/mol. The number of hydrogen-bond donors (Lipinski definition) is 1. The minimum atomic E-state index is -0.439. The predicted molar refractivity (Wildman–Crippen MR) is 100 cm³/mol. The summed E-state index contributed by atoms with van der Waals surface area (Å²) in [5.74, 6) is -0.439. The van der Waals surface area contributed by atoms with Gasteiger partial charge in [0.2, 0.25) is 0 Å². The van der Waals surface area contributed by atoms with Gasteiger partial charge in [-0.2, -0.15) is 10.2 Å². The van der Waals surface area contributed by atoms with Crippen molar-refractivity contribution < 1.29 is 4.79 Å². The van der Waals surface area contributed by atoms with Crippen LogP contribution in [0.5, 0.6) is 0 Å². The molecular formula is C18H18N4O2S. The lowest BCUT2D eigenvalue weighted by molar-refractivity contribution is 0.0949. The van der Waals surface area contributed by atoms with Crippen LogP contribution in [0.3, 0.4) is 0 Å². The van der Waals surface area contributed by atoms with Crippen LogP contribution in [0.2, 0.25) is 0 Å². The molecule has 0 aliphatic carbocycles. The molecule has 1 N–H and O–H groups in total. The molecule has 2 heterocycles. The van der Waals surface area contributed by atoms with Crippen LogP contribution in [-0.2, 0) is 6.54 Å². The number of amides is 1. The van der Waals surface area contributed by atoms with Crippen LogP contribution < -0.4 is 11.0 Å². The first-order chi connectivity index (χ1) is 12.0. The van der Waals surface area contributed by atoms with Gasteiger partial charge in [0, 0.05) is 16.8 Å². The fourth-order valence-electron chi connectivity index (χ4n) is 2.49. The molecule has 0 fully saturated rings. The number of aryl methyl sites for hydroxylation is 2. The van der Waals surface area contributed by atoms with Gasteiger partial charge in [-0.1, -0.05) is 18.2 Å². The Balaban J connectivity index is 1.97. The lowest BCUT2D eigenvalue weighted by Gasteiger charge is -2.08. The second-order valence-electron chi connectivity index (χ2n) is 5.56. The van der Waals surface area contributed by atoms with E-state index in [0.717, 1.165) is 10.6 Å². The van der Waals surface area contributed by atoms with Crippen molar-refractivity contribution in [3.63, 3.8) is 0 Å². The summed E-state index contributed by atoms with van der Waals surface area (Å²) in [5.41, 5.74) is 3.25. The highest BCUT2D eigenvalue weighted by Gasteiger charge is 2.16. The summed E-state index contributed by atoms with van der Waals surface area (Å²) < 4.78 is 1.29. The summed E-state index contributed by atoms with van der Waals surface area (Å²) in [6.45, 7) is 6.06. The Kier molecular flexibility index (Phi) is 4.76. The highest BCUT2D eigenvalue weighted by atomic mass is 32.1. The van der Waals surface area contributed by atoms with Gasteiger partial charge in [0.25, 0.3) is 11.5 Å². The number of fused-ring (bicyclic) bond motifs is 1. The van der Waals surface area contributed by atoms with Gasteiger partial charge >= 0.3 is 0 Å². The number of thiophene rings is 1. The Morgan fingerprint density at radius 3 is 2.60 bits per heavy atom. The maximum atomic E-state index is 12.6. The number of carbonyl (C=O) groups is 1. The molecule has 0 aliphatic heterocycles. The quantitative estimate of drug-likeness (QED) is 0.578. The van der Waals surface area contributed by atoms with Crippen LogP contribution in [0.25, 0.3) is 10.8 Å². The number of aromatic nitrogens is 2. The fraction of sp³-hybridized carbons (Fsp3) is 0.222. The minimum absolute atomic E-state index is 0.191. The standard InChI is InChI=1S/C18H18N4O2S/c1-4-22-18(24)14-8-6-5-7-13(14)16(21-22)17(23)20-19-12(3)15-10-9-11(2)25-15/h5-10H,4H2,1-3H3,(H,20,23)/b19-12-. The maximum absolute atomic E-state index is 12.6. The summed E-state index contributed by atoms with van der Waals surface area (Å²) in [4.78, 5) is 27.1. The molecule has 3 aromatic rings. The number of rotatable bonds is 4. The van der Waals surface area contributed by atoms with Crippen LogP contribution in [-0.4, -0.2) is 21.4 Å². The van der Waals surface area contributed by atoms with Gasteiger partial charge < -0.3 is 0 Å². The van der Waals surface area contributed by atoms with Crippen LogP contribution in [0.4, 0.5) is 0 Å². The van der Waals surface area contributed by atoms with Crippen LogP contribution in [0, 0.1) is 6.92 Å². The summed E-state index contributed by atoms with van der Waals surface area (Å²) in [7, 11) is 0. The topological polar surface area (TPSA) is 76.3 Å². The van der Waals surface area contributed by atoms with Crippen LogP contribution in [0.15, 0.2) is 46.3 Å². The Morgan fingerprint density at radius 1 is 1.24 bits per heavy atom. The Hall–Kier alpha value is -2.80. The number of hydrazone groups is 1. The van der Waals surface area contributed by atoms with E-state index in [9.17, 15) is 9.59 Å². The van der Waals surface area contributed by atoms with Crippen molar-refractivity contribution in [1.82, 2.24) is 15.2 Å². The van der Waals surface area contributed by atoms with Gasteiger partial charge in [0.1, 0.15) is 0 Å². The van der Waals surface area contributed by atoms with Gasteiger partial charge in [0.15, 0.2) is 5.69 Å². The lowest BCUT2D eigenvalue weighted by Crippen LogP contribution is -2.28. The Morgan fingerprint density at radius 2 is 1.96 bits per heavy atom. The number of nitrogens with zero attached hydrogens (tertiary/aromatic N) is 3. The zero-order valence-electron chi connectivity index (χ0n) is 14.2. The smallest absolute Gasteiger partial charge is 0.267 e. The molecule has 25 heavy (non-hydrogen) atoms. The third kappa shape index (κ3) is 3.36. The van der Waals surface area contributed by atoms with E-state index in [1.54, 1.807) is 35.6 Å². The third-order valence-electron chi connectivity index (χ3n) is 3.80. The van der Waals surface area contributed by atoms with Gasteiger partial charge in [-0.05, 0) is 39.0 Å². The summed E-state index contributed by atoms with van der Waals surface area (Å²) in [6.07, 6.45) is 0. The molecule has 1 amide bonds. The Bertz CT molecular complexity index is 1030. The SMILES string of the molecule is CCn1nc(C(=O)N/N=C(/C)c2ccc(C)s2)c2ccccc2c1=O. The molecule has 0 spiro atoms. The first kappa shape index (κ1) is 17.0. The van der Waals surface area contributed by atoms with Crippen molar-refractivity contribution in [1.29, 1.82) is 0 Å². The third-order valence-corrected chi connectivity index (χ3v) is 4.91. The predicted octanol–water partition coefficient (Wildman–Crippen LogP) is 2.94. The lowest BCUT2D eigenvalue weighted by atomic mass is 10.1. The molecule has 6 nitrogen and oxygen atoms in total. The summed E-state index contributed by atoms with van der Waals surface area (Å²) >= 11 is 1.61. The van der Waals surface area contributed by atoms with Crippen molar-refractivity contribution in [2.75, 3.05) is 0 Å². The zero-order valence-corrected chi connectivity index (χ0v) is 15.1. The highest BCUT2D eigenvalue weighted by Crippen LogP contribution is 2.16. The fourth-order valence-corrected chi connectivity index (χ4v) is 3.30. The Labute approximate surface area is 148 Å². The number of benzene rings is 1. The normalized spacial score (nSPS) is 11.7. The van der Waals surface area contributed by atoms with Crippen LogP contribution >= 0.6 is 11.3 Å². The molecule has 0 aliphatic rings. The molecule has 0 saturated carbocycles. The number of hydrogen-bond acceptors (Lipinski definition) is 5. The maximum Gasteiger partial charge on any atom is 0.292 e. The van der Waals surface area contributed by atoms with Gasteiger partial charge in [-0.15, -0.1) is 11.3 Å². The van der Waals surface area contributed by atoms with Crippen molar-refractivity contribution in [2.45, 2.75) is 27.3 Å². The molecule has 0 radical (unpaired) electrons. The molecule has 1 aromatic carbocycles. The highest BCUT2D eigenvalue weighted by molar-refractivity contribution is 7.14. The molecule has 0 atom stereocenters. The van der Waals surface area contributed by atoms with Gasteiger partial charge in [0.05, 0.1) is 16.0 Å². The molecule has 0 bridgehead atoms. The van der Waals surface area contributed by atoms with Crippen molar-refractivity contribution in [3.8, 4) is 0 Å². The van der Waals surface area contributed by atoms with E-state index in [0.29, 0.717) is 17.3 Å². The molecule has 2 aromatic heterocycles. The van der Waals surface area contributed by atoms with Crippen molar-refractivity contribution in [3.05, 3.63) is 62.2 Å². The van der Waals surface area contributed by atoms with Crippen LogP contribution in [0.1, 0.15) is 34.1 Å². The van der Waals surface area contributed by atoms with Gasteiger partial charge in [-0.3, -0.25) is 9.59 Å². The van der Waals surface area contributed by atoms with E-state index in [1.807, 2.05) is 32.9 Å². The molecule has 7 heteroatoms. The molecule has 128 valence electrons. The first-order valence-electron chi connectivity index (χ1n) is 7.92. The molecule has 0 unspecified atom stereocenters. The van der Waals surface area contributed by atoms with E-state index < -0.39 is 5.91 Å². The van der Waals surface area contributed by atoms with E-state index >= 15 is 0 Å². The largest absolute Gasteiger partial charge is 0.292 e. The zero-order chi connectivity index (χ0) is 18.0. The molecule has 3 rings (SSSR count). The van der Waals surface area contributed by atoms with E-state index in [1.165, 1.54) is 9.56 Å². The monoisotopic (exact) mass is 354 g/mol. The second-order valence-corrected chi connectivity index (χ2v) is 6.85. The number of nitrogens with one attached hydrogen (secondary N) is 1. The minimum Gasteiger partial charge on any atom is -0.267 e.